The van der Waals surface area contributed by atoms with Crippen molar-refractivity contribution >= 4 is 174 Å². The van der Waals surface area contributed by atoms with Gasteiger partial charge in [0.2, 0.25) is 0 Å². The van der Waals surface area contributed by atoms with Gasteiger partial charge in [0.1, 0.15) is 44.8 Å². The zero-order valence-electron chi connectivity index (χ0n) is 41.5. The van der Waals surface area contributed by atoms with Crippen LogP contribution in [0.25, 0.3) is 113 Å². The lowest BCUT2D eigenvalue weighted by atomic mass is 9.95. The lowest BCUT2D eigenvalue weighted by Gasteiger charge is -2.16. The molecule has 12 aromatic rings. The van der Waals surface area contributed by atoms with Crippen LogP contribution in [-0.4, -0.2) is 42.5 Å². The van der Waals surface area contributed by atoms with Crippen molar-refractivity contribution in [3.05, 3.63) is 46.2 Å². The topological polar surface area (TPSA) is 108 Å². The molecule has 3 unspecified atom stereocenters. The summed E-state index contributed by atoms with van der Waals surface area (Å²) in [5.74, 6) is 2.08. The van der Waals surface area contributed by atoms with Crippen LogP contribution in [0.3, 0.4) is 0 Å². The van der Waals surface area contributed by atoms with Gasteiger partial charge in [-0.2, -0.15) is 17.5 Å². The quantitative estimate of drug-likeness (QED) is 0.0660. The van der Waals surface area contributed by atoms with E-state index in [0.29, 0.717) is 5.92 Å². The van der Waals surface area contributed by atoms with Crippen molar-refractivity contribution in [3.63, 3.8) is 0 Å². The van der Waals surface area contributed by atoms with E-state index in [2.05, 4.69) is 82.5 Å². The summed E-state index contributed by atoms with van der Waals surface area (Å²) >= 11 is 15.5. The highest BCUT2D eigenvalue weighted by molar-refractivity contribution is 7.37. The second-order valence-corrected chi connectivity index (χ2v) is 28.2. The lowest BCUT2D eigenvalue weighted by molar-refractivity contribution is 0.401. The summed E-state index contributed by atoms with van der Waals surface area (Å²) in [6.07, 6.45) is 17.4. The smallest absolute Gasteiger partial charge is 0.136 e. The van der Waals surface area contributed by atoms with Gasteiger partial charge in [0, 0.05) is 39.8 Å². The van der Waals surface area contributed by atoms with Gasteiger partial charge >= 0.3 is 0 Å². The van der Waals surface area contributed by atoms with Crippen LogP contribution in [0.1, 0.15) is 128 Å². The van der Waals surface area contributed by atoms with E-state index in [4.69, 9.17) is 37.9 Å². The van der Waals surface area contributed by atoms with E-state index in [0.717, 1.165) is 89.2 Å². The molecule has 0 N–H and O–H groups in total. The van der Waals surface area contributed by atoms with Gasteiger partial charge in [0.25, 0.3) is 0 Å². The van der Waals surface area contributed by atoms with Gasteiger partial charge in [-0.3, -0.25) is 0 Å². The van der Waals surface area contributed by atoms with Crippen LogP contribution in [0.5, 0.6) is 0 Å². The van der Waals surface area contributed by atoms with E-state index in [9.17, 15) is 0 Å². The van der Waals surface area contributed by atoms with Gasteiger partial charge in [-0.15, -0.1) is 99.8 Å². The number of hydrogen-bond donors (Lipinski definition) is 0. The third-order valence-corrected chi connectivity index (χ3v) is 24.1. The third kappa shape index (κ3) is 9.09. The van der Waals surface area contributed by atoms with Gasteiger partial charge < -0.3 is 4.57 Å². The Kier molecular flexibility index (Phi) is 14.4. The average molecular weight is 1120 g/mol. The van der Waals surface area contributed by atoms with E-state index in [1.807, 2.05) is 56.7 Å². The molecule has 12 aromatic heterocycles. The second-order valence-electron chi connectivity index (χ2n) is 19.5. The average Bonchev–Trinajstić information content (AvgIpc) is 4.23. The van der Waals surface area contributed by atoms with Crippen LogP contribution in [0.2, 0.25) is 0 Å². The van der Waals surface area contributed by atoms with Crippen molar-refractivity contribution in [1.29, 1.82) is 0 Å². The molecule has 0 aromatic carbocycles. The number of nitrogens with zero attached hydrogens (tertiary/aromatic N) is 9. The summed E-state index contributed by atoms with van der Waals surface area (Å²) in [7, 11) is 0. The number of thiophene rings is 7. The molecule has 0 fully saturated rings. The van der Waals surface area contributed by atoms with Crippen LogP contribution in [0.4, 0.5) is 0 Å². The first kappa shape index (κ1) is 49.2. The monoisotopic (exact) mass is 1120 g/mol. The fourth-order valence-corrected chi connectivity index (χ4v) is 20.5. The number of hydrogen-bond acceptors (Lipinski definition) is 17. The number of aromatic nitrogens is 9. The maximum Gasteiger partial charge on any atom is 0.136 e. The molecule has 9 nitrogen and oxygen atoms in total. The largest absolute Gasteiger partial charge is 0.338 e. The number of rotatable bonds is 22. The Hall–Kier alpha value is -3.72. The zero-order chi connectivity index (χ0) is 49.0. The Morgan fingerprint density at radius 3 is 1.29 bits per heavy atom. The van der Waals surface area contributed by atoms with Crippen LogP contribution >= 0.6 is 103 Å². The van der Waals surface area contributed by atoms with Crippen LogP contribution in [0, 0.1) is 17.8 Å². The molecule has 18 heteroatoms. The third-order valence-electron chi connectivity index (χ3n) is 14.7. The predicted octanol–water partition coefficient (Wildman–Crippen LogP) is 19.7. The summed E-state index contributed by atoms with van der Waals surface area (Å²) in [6.45, 7) is 14.9. The van der Waals surface area contributed by atoms with E-state index in [1.165, 1.54) is 165 Å². The lowest BCUT2D eigenvalue weighted by Crippen LogP contribution is -2.09. The molecule has 0 aliphatic carbocycles. The standard InChI is InChI=1S/C54H57N9S9/c1-7-13-16-28(10-4)19-31-21-34-36(64-31)24-39(66-34)44-48-47(59-71-60-48)43(55-56-44)38-23-33-52(68-38)54-51(63(33)27-30(12-6)18-15-9-3)53-42(70-54)26-41(69-53)46-50-49(61-72-62-50)45(57-58-46)40-25-37-35(67-40)22-32(65-37)20-29(11-5)17-14-8-2/h21-26,28-30H,7-20,27H2,1-6H3. The molecule has 12 heterocycles. The highest BCUT2D eigenvalue weighted by Gasteiger charge is 2.28. The summed E-state index contributed by atoms with van der Waals surface area (Å²) in [5, 5.41) is 19.8. The van der Waals surface area contributed by atoms with E-state index in [1.54, 1.807) is 22.7 Å². The Labute approximate surface area is 456 Å². The molecule has 0 saturated heterocycles. The normalized spacial score (nSPS) is 13.8. The van der Waals surface area contributed by atoms with E-state index in [-0.39, 0.29) is 0 Å². The van der Waals surface area contributed by atoms with Crippen LogP contribution in [0.15, 0.2) is 36.4 Å². The first-order valence-corrected chi connectivity index (χ1v) is 33.1. The molecule has 0 amide bonds. The first-order valence-electron chi connectivity index (χ1n) is 25.9. The Balaban J connectivity index is 0.877. The fraction of sp³-hybridized carbons (Fsp3) is 0.444. The molecule has 0 aliphatic rings. The fourth-order valence-electron chi connectivity index (χ4n) is 10.5. The van der Waals surface area contributed by atoms with Crippen molar-refractivity contribution in [2.75, 3.05) is 0 Å². The molecular formula is C54H57N9S9. The minimum Gasteiger partial charge on any atom is -0.338 e. The van der Waals surface area contributed by atoms with Gasteiger partial charge in [0.15, 0.2) is 0 Å². The van der Waals surface area contributed by atoms with Gasteiger partial charge in [-0.05, 0) is 73.4 Å². The summed E-state index contributed by atoms with van der Waals surface area (Å²) in [5.41, 5.74) is 9.24. The Morgan fingerprint density at radius 2 is 0.833 bits per heavy atom. The second kappa shape index (κ2) is 21.1. The maximum atomic E-state index is 4.98. The van der Waals surface area contributed by atoms with Gasteiger partial charge in [-0.25, -0.2) is 0 Å². The first-order chi connectivity index (χ1) is 35.4. The minimum atomic E-state index is 0.568. The van der Waals surface area contributed by atoms with Crippen LogP contribution in [-0.2, 0) is 19.4 Å². The zero-order valence-corrected chi connectivity index (χ0v) is 48.9. The van der Waals surface area contributed by atoms with Gasteiger partial charge in [-0.1, -0.05) is 112 Å². The number of fused-ring (bicyclic) bond motifs is 9. The molecule has 0 aliphatic heterocycles. The molecule has 0 bridgehead atoms. The highest BCUT2D eigenvalue weighted by Crippen LogP contribution is 2.52. The minimum absolute atomic E-state index is 0.568. The summed E-state index contributed by atoms with van der Waals surface area (Å²) < 4.78 is 32.6. The van der Waals surface area contributed by atoms with E-state index >= 15 is 0 Å². The van der Waals surface area contributed by atoms with Crippen molar-refractivity contribution in [1.82, 2.24) is 42.5 Å². The molecule has 0 spiro atoms. The SMILES string of the molecule is CCCCC(CC)Cc1cc2sc(-c3nnc(-c4cc5c(s4)c4sc6cc(-c7nnc(-c8cc9sc(CC(CC)CCCC)cc9s8)c8nsnc78)sc6c4n5CC(CC)CCCC)c4nsnc34)cc2s1. The van der Waals surface area contributed by atoms with Crippen molar-refractivity contribution < 1.29 is 0 Å². The molecule has 0 saturated carbocycles. The molecule has 0 radical (unpaired) electrons. The van der Waals surface area contributed by atoms with Crippen molar-refractivity contribution in [2.24, 2.45) is 17.8 Å². The van der Waals surface area contributed by atoms with Crippen molar-refractivity contribution in [3.8, 4) is 42.3 Å². The molecule has 372 valence electrons. The Bertz CT molecular complexity index is 3780. The Morgan fingerprint density at radius 1 is 0.417 bits per heavy atom. The van der Waals surface area contributed by atoms with Crippen molar-refractivity contribution in [2.45, 2.75) is 138 Å². The van der Waals surface area contributed by atoms with Crippen LogP contribution < -0.4 is 0 Å². The predicted molar refractivity (Wildman–Crippen MR) is 319 cm³/mol. The summed E-state index contributed by atoms with van der Waals surface area (Å²) in [6, 6.07) is 14.1. The maximum absolute atomic E-state index is 4.98. The highest BCUT2D eigenvalue weighted by atomic mass is 32.1. The van der Waals surface area contributed by atoms with E-state index < -0.39 is 0 Å². The van der Waals surface area contributed by atoms with Gasteiger partial charge in [0.05, 0.1) is 68.1 Å². The molecule has 72 heavy (non-hydrogen) atoms. The molecule has 12 rings (SSSR count). The number of unbranched alkanes of at least 4 members (excludes halogenated alkanes) is 3. The molecule has 3 atom stereocenters. The summed E-state index contributed by atoms with van der Waals surface area (Å²) in [4.78, 5) is 7.38. The molecular weight excluding hydrogens is 1060 g/mol.